The van der Waals surface area contributed by atoms with Crippen molar-refractivity contribution < 1.29 is 9.90 Å². The van der Waals surface area contributed by atoms with Gasteiger partial charge in [0.2, 0.25) is 0 Å². The Hall–Kier alpha value is -1.26. The predicted octanol–water partition coefficient (Wildman–Crippen LogP) is 0.541. The van der Waals surface area contributed by atoms with E-state index in [1.54, 1.807) is 0 Å². The number of rotatable bonds is 7. The minimum Gasteiger partial charge on any atom is -0.481 e. The first-order valence-electron chi connectivity index (χ1n) is 4.86. The lowest BCUT2D eigenvalue weighted by molar-refractivity contribution is -0.142. The molecule has 0 aromatic heterocycles. The largest absolute Gasteiger partial charge is 0.481 e. The van der Waals surface area contributed by atoms with Gasteiger partial charge in [0, 0.05) is 6.54 Å². The Labute approximate surface area is 84.2 Å². The minimum atomic E-state index is -0.725. The number of nitrogens with two attached hydrogens (primary N) is 2. The quantitative estimate of drug-likeness (QED) is 0.318. The Kier molecular flexibility index (Phi) is 6.53. The molecular formula is C9H19N3O2. The second-order valence-corrected chi connectivity index (χ2v) is 3.27. The van der Waals surface area contributed by atoms with Crippen LogP contribution in [0.5, 0.6) is 0 Å². The highest BCUT2D eigenvalue weighted by atomic mass is 16.4. The first-order valence-corrected chi connectivity index (χ1v) is 4.86. The first-order chi connectivity index (χ1) is 6.57. The molecule has 0 aromatic rings. The molecule has 5 nitrogen and oxygen atoms in total. The number of hydrogen-bond donors (Lipinski definition) is 3. The van der Waals surface area contributed by atoms with Crippen molar-refractivity contribution in [3.8, 4) is 0 Å². The third kappa shape index (κ3) is 6.28. The van der Waals surface area contributed by atoms with Crippen LogP contribution < -0.4 is 11.5 Å². The van der Waals surface area contributed by atoms with Gasteiger partial charge >= 0.3 is 5.97 Å². The fraction of sp³-hybridized carbons (Fsp3) is 0.778. The molecule has 1 unspecified atom stereocenters. The minimum absolute atomic E-state index is 0.0624. The van der Waals surface area contributed by atoms with Crippen molar-refractivity contribution in [2.24, 2.45) is 22.4 Å². The maximum atomic E-state index is 10.7. The molecule has 0 fully saturated rings. The van der Waals surface area contributed by atoms with E-state index in [0.717, 1.165) is 19.3 Å². The molecule has 14 heavy (non-hydrogen) atoms. The second kappa shape index (κ2) is 7.17. The Morgan fingerprint density at radius 1 is 1.43 bits per heavy atom. The molecule has 0 spiro atoms. The molecule has 5 N–H and O–H groups in total. The highest BCUT2D eigenvalue weighted by Gasteiger charge is 2.14. The molecule has 0 aromatic carbocycles. The molecule has 0 bridgehead atoms. The van der Waals surface area contributed by atoms with Gasteiger partial charge in [-0.25, -0.2) is 0 Å². The smallest absolute Gasteiger partial charge is 0.306 e. The van der Waals surface area contributed by atoms with Crippen molar-refractivity contribution in [3.63, 3.8) is 0 Å². The fourth-order valence-electron chi connectivity index (χ4n) is 1.29. The van der Waals surface area contributed by atoms with Gasteiger partial charge in [0.1, 0.15) is 0 Å². The first kappa shape index (κ1) is 12.7. The zero-order chi connectivity index (χ0) is 11.0. The highest BCUT2D eigenvalue weighted by Crippen LogP contribution is 2.13. The van der Waals surface area contributed by atoms with Crippen LogP contribution in [0.2, 0.25) is 0 Å². The summed E-state index contributed by atoms with van der Waals surface area (Å²) in [6, 6.07) is 0. The Bertz CT molecular complexity index is 200. The van der Waals surface area contributed by atoms with Crippen LogP contribution in [0.25, 0.3) is 0 Å². The third-order valence-corrected chi connectivity index (χ3v) is 1.99. The van der Waals surface area contributed by atoms with Crippen LogP contribution in [0, 0.1) is 5.92 Å². The molecule has 0 saturated heterocycles. The van der Waals surface area contributed by atoms with Crippen LogP contribution in [-0.2, 0) is 4.79 Å². The molecule has 0 radical (unpaired) electrons. The highest BCUT2D eigenvalue weighted by molar-refractivity contribution is 5.75. The molecule has 0 aliphatic heterocycles. The summed E-state index contributed by atoms with van der Waals surface area (Å²) in [6.07, 6.45) is 2.96. The summed E-state index contributed by atoms with van der Waals surface area (Å²) in [7, 11) is 0. The number of hydrogen-bond acceptors (Lipinski definition) is 2. The number of guanidine groups is 1. The van der Waals surface area contributed by atoms with Crippen molar-refractivity contribution in [2.75, 3.05) is 6.54 Å². The summed E-state index contributed by atoms with van der Waals surface area (Å²) in [5.41, 5.74) is 10.3. The number of aliphatic carboxylic acids is 1. The van der Waals surface area contributed by atoms with Crippen LogP contribution in [0.3, 0.4) is 0 Å². The topological polar surface area (TPSA) is 102 Å². The van der Waals surface area contributed by atoms with Gasteiger partial charge in [-0.15, -0.1) is 0 Å². The molecule has 0 rings (SSSR count). The van der Waals surface area contributed by atoms with E-state index in [-0.39, 0.29) is 11.9 Å². The van der Waals surface area contributed by atoms with Crippen LogP contribution in [0.1, 0.15) is 32.6 Å². The monoisotopic (exact) mass is 201 g/mol. The van der Waals surface area contributed by atoms with E-state index in [0.29, 0.717) is 13.0 Å². The van der Waals surface area contributed by atoms with Crippen LogP contribution >= 0.6 is 0 Å². The van der Waals surface area contributed by atoms with Crippen molar-refractivity contribution in [2.45, 2.75) is 32.6 Å². The SMILES string of the molecule is CCCC(CCCN=C(N)N)C(=O)O. The van der Waals surface area contributed by atoms with Crippen molar-refractivity contribution in [1.82, 2.24) is 0 Å². The Morgan fingerprint density at radius 3 is 2.50 bits per heavy atom. The van der Waals surface area contributed by atoms with E-state index in [1.807, 2.05) is 6.92 Å². The second-order valence-electron chi connectivity index (χ2n) is 3.27. The van der Waals surface area contributed by atoms with Crippen LogP contribution in [0.15, 0.2) is 4.99 Å². The van der Waals surface area contributed by atoms with Crippen molar-refractivity contribution in [3.05, 3.63) is 0 Å². The Morgan fingerprint density at radius 2 is 2.07 bits per heavy atom. The molecule has 82 valence electrons. The van der Waals surface area contributed by atoms with Gasteiger partial charge in [-0.2, -0.15) is 0 Å². The van der Waals surface area contributed by atoms with Gasteiger partial charge in [-0.1, -0.05) is 13.3 Å². The van der Waals surface area contributed by atoms with Gasteiger partial charge < -0.3 is 16.6 Å². The maximum absolute atomic E-state index is 10.7. The summed E-state index contributed by atoms with van der Waals surface area (Å²) >= 11 is 0. The van der Waals surface area contributed by atoms with Gasteiger partial charge in [0.15, 0.2) is 5.96 Å². The molecule has 0 heterocycles. The summed E-state index contributed by atoms with van der Waals surface area (Å²) in [6.45, 7) is 2.49. The molecule has 0 saturated carbocycles. The normalized spacial score (nSPS) is 12.1. The van der Waals surface area contributed by atoms with E-state index in [9.17, 15) is 4.79 Å². The number of aliphatic imine (C=N–C) groups is 1. The lowest BCUT2D eigenvalue weighted by Gasteiger charge is -2.09. The fourth-order valence-corrected chi connectivity index (χ4v) is 1.29. The number of carboxylic acids is 1. The van der Waals surface area contributed by atoms with E-state index < -0.39 is 5.97 Å². The average molecular weight is 201 g/mol. The van der Waals surface area contributed by atoms with Crippen molar-refractivity contribution >= 4 is 11.9 Å². The summed E-state index contributed by atoms with van der Waals surface area (Å²) in [4.78, 5) is 14.5. The summed E-state index contributed by atoms with van der Waals surface area (Å²) in [5, 5.41) is 8.83. The molecule has 0 amide bonds. The molecule has 5 heteroatoms. The van der Waals surface area contributed by atoms with Crippen LogP contribution in [-0.4, -0.2) is 23.6 Å². The molecular weight excluding hydrogens is 182 g/mol. The summed E-state index contributed by atoms with van der Waals surface area (Å²) in [5.74, 6) is -0.918. The van der Waals surface area contributed by atoms with E-state index in [4.69, 9.17) is 16.6 Å². The predicted molar refractivity (Wildman–Crippen MR) is 55.9 cm³/mol. The number of carbonyl (C=O) groups is 1. The van der Waals surface area contributed by atoms with Gasteiger partial charge in [-0.05, 0) is 19.3 Å². The van der Waals surface area contributed by atoms with E-state index in [2.05, 4.69) is 4.99 Å². The Balaban J connectivity index is 3.72. The van der Waals surface area contributed by atoms with E-state index >= 15 is 0 Å². The van der Waals surface area contributed by atoms with Crippen LogP contribution in [0.4, 0.5) is 0 Å². The van der Waals surface area contributed by atoms with Gasteiger partial charge in [0.05, 0.1) is 5.92 Å². The zero-order valence-corrected chi connectivity index (χ0v) is 8.57. The summed E-state index contributed by atoms with van der Waals surface area (Å²) < 4.78 is 0. The molecule has 1 atom stereocenters. The lowest BCUT2D eigenvalue weighted by Crippen LogP contribution is -2.23. The average Bonchev–Trinajstić information content (AvgIpc) is 2.09. The lowest BCUT2D eigenvalue weighted by atomic mass is 9.98. The molecule has 0 aliphatic carbocycles. The standard InChI is InChI=1S/C9H19N3O2/c1-2-4-7(8(13)14)5-3-6-12-9(10)11/h7H,2-6H2,1H3,(H,13,14)(H4,10,11,12). The third-order valence-electron chi connectivity index (χ3n) is 1.99. The zero-order valence-electron chi connectivity index (χ0n) is 8.57. The number of carboxylic acid groups (broad SMARTS) is 1. The van der Waals surface area contributed by atoms with E-state index in [1.165, 1.54) is 0 Å². The van der Waals surface area contributed by atoms with Gasteiger partial charge in [-0.3, -0.25) is 9.79 Å². The molecule has 0 aliphatic rings. The number of nitrogens with zero attached hydrogens (tertiary/aromatic N) is 1. The van der Waals surface area contributed by atoms with Gasteiger partial charge in [0.25, 0.3) is 0 Å². The van der Waals surface area contributed by atoms with Crippen molar-refractivity contribution in [1.29, 1.82) is 0 Å². The maximum Gasteiger partial charge on any atom is 0.306 e.